The molecule has 0 bridgehead atoms. The van der Waals surface area contributed by atoms with Crippen LogP contribution in [-0.4, -0.2) is 74.3 Å². The summed E-state index contributed by atoms with van der Waals surface area (Å²) < 4.78 is 27.1. The Labute approximate surface area is 281 Å². The molecule has 0 spiro atoms. The molecule has 0 saturated carbocycles. The molecule has 3 aliphatic heterocycles. The second-order valence-electron chi connectivity index (χ2n) is 10.3. The molecule has 5 heterocycles. The van der Waals surface area contributed by atoms with Gasteiger partial charge >= 0.3 is 11.6 Å². The van der Waals surface area contributed by atoms with Gasteiger partial charge in [0.1, 0.15) is 41.0 Å². The van der Waals surface area contributed by atoms with E-state index in [2.05, 4.69) is 25.2 Å². The van der Waals surface area contributed by atoms with Crippen LogP contribution in [0.4, 0.5) is 10.2 Å². The van der Waals surface area contributed by atoms with Crippen LogP contribution in [0.2, 0.25) is 0 Å². The number of carbonyl (C=O) groups is 3. The lowest BCUT2D eigenvalue weighted by Crippen LogP contribution is -2.71. The van der Waals surface area contributed by atoms with E-state index in [0.717, 1.165) is 28.2 Å². The molecule has 19 heteroatoms. The predicted octanol–water partition coefficient (Wildman–Crippen LogP) is 0.649. The number of hydrogen-bond acceptors (Lipinski definition) is 13. The second kappa shape index (κ2) is 14.2. The predicted molar refractivity (Wildman–Crippen MR) is 173 cm³/mol. The standard InChI is InChI=1S/C29H29FN10O6S2/c1-44-19-6-4-17(5-7-19)14-45-29(43)24-18(3-2-11-37-12-9-20(31)40-22(37)8-10-33-40)15-47-28-23(27(42)39(24)28)34-26(41)25(35-46-16-30)38-13-21(32)48-36-38/h2-10,12-13,23,28,31,36H,11,14-16,32H2,1H3,(H,34,41)/p+1/b3-2+,35-25?/t23-,28+/m1/s1. The molecular formula is C29H30FN10O6S2+. The van der Waals surface area contributed by atoms with E-state index in [1.54, 1.807) is 54.2 Å². The van der Waals surface area contributed by atoms with Gasteiger partial charge < -0.3 is 31.1 Å². The van der Waals surface area contributed by atoms with Crippen LogP contribution in [0.5, 0.6) is 5.75 Å². The fourth-order valence-corrected chi connectivity index (χ4v) is 6.88. The van der Waals surface area contributed by atoms with E-state index in [9.17, 15) is 18.8 Å². The van der Waals surface area contributed by atoms with E-state index in [0.29, 0.717) is 34.5 Å². The number of alkyl halides is 1. The number of nitrogens with two attached hydrogens (primary N) is 2. The van der Waals surface area contributed by atoms with Gasteiger partial charge in [-0.05, 0) is 41.3 Å². The minimum atomic E-state index is -1.28. The molecule has 16 nitrogen and oxygen atoms in total. The number of nitrogens with zero attached hydrogens (tertiary/aromatic N) is 6. The van der Waals surface area contributed by atoms with Crippen molar-refractivity contribution in [2.45, 2.75) is 24.6 Å². The third-order valence-corrected chi connectivity index (χ3v) is 9.30. The van der Waals surface area contributed by atoms with Crippen molar-refractivity contribution in [3.05, 3.63) is 89.0 Å². The van der Waals surface area contributed by atoms with Gasteiger partial charge in [0.25, 0.3) is 24.5 Å². The Hall–Kier alpha value is -5.27. The van der Waals surface area contributed by atoms with Gasteiger partial charge in [0, 0.05) is 11.8 Å². The first-order valence-corrected chi connectivity index (χ1v) is 16.2. The summed E-state index contributed by atoms with van der Waals surface area (Å²) in [6.45, 7) is -0.909. The van der Waals surface area contributed by atoms with Crippen molar-refractivity contribution >= 4 is 58.8 Å². The van der Waals surface area contributed by atoms with E-state index in [1.165, 1.54) is 22.9 Å². The summed E-state index contributed by atoms with van der Waals surface area (Å²) in [4.78, 5) is 48.9. The van der Waals surface area contributed by atoms with Gasteiger partial charge in [-0.2, -0.15) is 4.83 Å². The van der Waals surface area contributed by atoms with E-state index >= 15 is 0 Å². The number of amidine groups is 1. The first kappa shape index (κ1) is 32.7. The van der Waals surface area contributed by atoms with E-state index in [4.69, 9.17) is 20.9 Å². The number of nitrogen functional groups attached to an aromatic ring is 1. The summed E-state index contributed by atoms with van der Waals surface area (Å²) in [5.41, 5.74) is 13.9. The second-order valence-corrected chi connectivity index (χ2v) is 12.3. The summed E-state index contributed by atoms with van der Waals surface area (Å²) >= 11 is 2.36. The molecule has 3 aromatic rings. The molecule has 1 fully saturated rings. The van der Waals surface area contributed by atoms with E-state index < -0.39 is 36.1 Å². The van der Waals surface area contributed by atoms with Crippen molar-refractivity contribution in [1.29, 1.82) is 0 Å². The van der Waals surface area contributed by atoms with Gasteiger partial charge in [-0.3, -0.25) is 14.5 Å². The van der Waals surface area contributed by atoms with Crippen molar-refractivity contribution in [2.24, 2.45) is 10.9 Å². The van der Waals surface area contributed by atoms with Crippen LogP contribution in [0.15, 0.2) is 88.6 Å². The number of oxime groups is 1. The fourth-order valence-electron chi connectivity index (χ4n) is 5.06. The topological polar surface area (TPSA) is 195 Å². The Bertz CT molecular complexity index is 1860. The van der Waals surface area contributed by atoms with Gasteiger partial charge in [-0.1, -0.05) is 33.0 Å². The summed E-state index contributed by atoms with van der Waals surface area (Å²) in [6.07, 6.45) is 8.45. The number of ether oxygens (including phenoxy) is 2. The van der Waals surface area contributed by atoms with Crippen LogP contribution < -0.4 is 30.9 Å². The Morgan fingerprint density at radius 2 is 2.06 bits per heavy atom. The summed E-state index contributed by atoms with van der Waals surface area (Å²) in [5.74, 6) is -0.983. The highest BCUT2D eigenvalue weighted by molar-refractivity contribution is 8.01. The number of β-lactam (4-membered cyclic amide) rings is 1. The maximum Gasteiger partial charge on any atom is 0.355 e. The molecule has 48 heavy (non-hydrogen) atoms. The number of anilines is 1. The molecule has 2 aromatic heterocycles. The van der Waals surface area contributed by atoms with Crippen molar-refractivity contribution in [3.63, 3.8) is 0 Å². The zero-order valence-electron chi connectivity index (χ0n) is 25.3. The van der Waals surface area contributed by atoms with Crippen molar-refractivity contribution in [3.8, 4) is 5.75 Å². The normalized spacial score (nSPS) is 19.3. The molecule has 6 rings (SSSR count). The Morgan fingerprint density at radius 3 is 2.79 bits per heavy atom. The summed E-state index contributed by atoms with van der Waals surface area (Å²) in [5, 5.41) is 11.2. The number of nitrogens with one attached hydrogen (secondary N) is 2. The summed E-state index contributed by atoms with van der Waals surface area (Å²) in [7, 11) is 1.55. The fraction of sp³-hybridized carbons (Fsp3) is 0.241. The molecule has 2 amide bonds. The number of hydrogen-bond donors (Lipinski definition) is 4. The molecule has 0 aliphatic carbocycles. The molecule has 3 aliphatic rings. The number of halogens is 1. The van der Waals surface area contributed by atoms with Gasteiger partial charge in [0.05, 0.1) is 31.8 Å². The average Bonchev–Trinajstić information content (AvgIpc) is 3.77. The van der Waals surface area contributed by atoms with Crippen LogP contribution in [0.25, 0.3) is 5.65 Å². The van der Waals surface area contributed by atoms with Gasteiger partial charge in [-0.15, -0.1) is 11.8 Å². The van der Waals surface area contributed by atoms with Gasteiger partial charge in [0.2, 0.25) is 5.82 Å². The molecule has 250 valence electrons. The maximum absolute atomic E-state index is 13.6. The van der Waals surface area contributed by atoms with Crippen LogP contribution in [0, 0.1) is 0 Å². The minimum absolute atomic E-state index is 0.0459. The largest absolute Gasteiger partial charge is 0.497 e. The third kappa shape index (κ3) is 6.60. The van der Waals surface area contributed by atoms with Crippen molar-refractivity contribution in [1.82, 2.24) is 29.7 Å². The van der Waals surface area contributed by atoms with Crippen LogP contribution >= 0.6 is 23.7 Å². The maximum atomic E-state index is 13.6. The smallest absolute Gasteiger partial charge is 0.355 e. The van der Waals surface area contributed by atoms with Crippen molar-refractivity contribution < 1.29 is 37.7 Å². The van der Waals surface area contributed by atoms with Gasteiger partial charge in [-0.25, -0.2) is 18.8 Å². The number of fused-ring (bicyclic) bond motifs is 2. The van der Waals surface area contributed by atoms with Crippen LogP contribution in [-0.2, 0) is 37.1 Å². The number of benzene rings is 1. The number of methoxy groups -OCH3 is 1. The number of thioether (sulfide) groups is 1. The molecule has 1 saturated heterocycles. The number of allylic oxidation sites excluding steroid dienone is 2. The average molecular weight is 698 g/mol. The highest BCUT2D eigenvalue weighted by Crippen LogP contribution is 2.41. The minimum Gasteiger partial charge on any atom is -0.497 e. The lowest BCUT2D eigenvalue weighted by Gasteiger charge is -2.49. The lowest BCUT2D eigenvalue weighted by atomic mass is 10.0. The Morgan fingerprint density at radius 1 is 1.25 bits per heavy atom. The zero-order chi connectivity index (χ0) is 33.8. The van der Waals surface area contributed by atoms with Crippen molar-refractivity contribution in [2.75, 3.05) is 25.5 Å². The highest BCUT2D eigenvalue weighted by Gasteiger charge is 2.54. The first-order chi connectivity index (χ1) is 23.3. The quantitative estimate of drug-likeness (QED) is 0.0439. The number of carbonyl (C=O) groups excluding carboxylic acids is 3. The molecular weight excluding hydrogens is 668 g/mol. The van der Waals surface area contributed by atoms with Crippen LogP contribution in [0.1, 0.15) is 5.56 Å². The third-order valence-electron chi connectivity index (χ3n) is 7.36. The molecule has 6 N–H and O–H groups in total. The number of hydrazine groups is 1. The Kier molecular flexibility index (Phi) is 9.69. The van der Waals surface area contributed by atoms with E-state index in [-0.39, 0.29) is 18.1 Å². The SMILES string of the molecule is COc1ccc(COC(=O)C2=C(/C=C/C[n+]3ccc(N)n4nccc43)CS[C@H]3[C@H](NC(=O)C(=NOCF)N4C=C(N)SN4)C(=O)N23)cc1. The number of amides is 2. The molecule has 0 unspecified atom stereocenters. The summed E-state index contributed by atoms with van der Waals surface area (Å²) in [6, 6.07) is 9.56. The highest BCUT2D eigenvalue weighted by atomic mass is 32.2. The molecule has 0 radical (unpaired) electrons. The lowest BCUT2D eigenvalue weighted by molar-refractivity contribution is -0.664. The first-order valence-electron chi connectivity index (χ1n) is 14.3. The molecule has 2 atom stereocenters. The van der Waals surface area contributed by atoms with Crippen LogP contribution in [0.3, 0.4) is 0 Å². The van der Waals surface area contributed by atoms with E-state index in [1.807, 2.05) is 22.9 Å². The number of esters is 1. The number of aromatic nitrogens is 3. The number of rotatable bonds is 10. The molecule has 1 aromatic carbocycles. The van der Waals surface area contributed by atoms with Gasteiger partial charge in [0.15, 0.2) is 0 Å². The monoisotopic (exact) mass is 697 g/mol. The Balaban J connectivity index is 1.23. The zero-order valence-corrected chi connectivity index (χ0v) is 26.9.